The summed E-state index contributed by atoms with van der Waals surface area (Å²) in [5.41, 5.74) is 1.47. The van der Waals surface area contributed by atoms with Gasteiger partial charge in [-0.15, -0.1) is 0 Å². The third kappa shape index (κ3) is 3.53. The molecule has 0 atom stereocenters. The number of likely N-dealkylation sites (tertiary alicyclic amines) is 1. The summed E-state index contributed by atoms with van der Waals surface area (Å²) < 4.78 is 18.8. The summed E-state index contributed by atoms with van der Waals surface area (Å²) in [6, 6.07) is 13.4. The molecule has 4 rings (SSSR count). The highest BCUT2D eigenvalue weighted by atomic mass is 35.5. The molecule has 1 aromatic heterocycles. The molecular weight excluding hydrogens is 355 g/mol. The first-order chi connectivity index (χ1) is 12.6. The molecule has 0 radical (unpaired) electrons. The second-order valence-corrected chi connectivity index (χ2v) is 6.91. The number of aromatic nitrogens is 1. The van der Waals surface area contributed by atoms with Gasteiger partial charge in [-0.05, 0) is 48.5 Å². The molecule has 0 unspecified atom stereocenters. The number of carbonyl (C=O) groups is 1. The van der Waals surface area contributed by atoms with Crippen LogP contribution in [-0.4, -0.2) is 35.0 Å². The highest BCUT2D eigenvalue weighted by Crippen LogP contribution is 2.23. The van der Waals surface area contributed by atoms with Crippen molar-refractivity contribution < 1.29 is 13.9 Å². The zero-order valence-corrected chi connectivity index (χ0v) is 14.8. The van der Waals surface area contributed by atoms with Gasteiger partial charge in [-0.2, -0.15) is 0 Å². The molecule has 1 amide bonds. The second kappa shape index (κ2) is 7.00. The van der Waals surface area contributed by atoms with Crippen LogP contribution in [0.15, 0.2) is 48.5 Å². The van der Waals surface area contributed by atoms with E-state index in [2.05, 4.69) is 4.98 Å². The number of piperidine rings is 1. The van der Waals surface area contributed by atoms with Crippen molar-refractivity contribution in [3.8, 4) is 5.75 Å². The maximum absolute atomic E-state index is 13.0. The molecule has 2 aromatic carbocycles. The number of H-pyrrole nitrogens is 1. The predicted octanol–water partition coefficient (Wildman–Crippen LogP) is 4.64. The Hall–Kier alpha value is -2.53. The zero-order chi connectivity index (χ0) is 18.1. The van der Waals surface area contributed by atoms with Gasteiger partial charge in [0.15, 0.2) is 0 Å². The van der Waals surface area contributed by atoms with Crippen molar-refractivity contribution in [2.75, 3.05) is 13.1 Å². The molecule has 1 N–H and O–H groups in total. The molecule has 6 heteroatoms. The molecule has 0 aliphatic carbocycles. The topological polar surface area (TPSA) is 45.3 Å². The molecule has 4 nitrogen and oxygen atoms in total. The summed E-state index contributed by atoms with van der Waals surface area (Å²) in [6.45, 7) is 1.25. The number of nitrogens with zero attached hydrogens (tertiary/aromatic N) is 1. The molecule has 134 valence electrons. The van der Waals surface area contributed by atoms with E-state index >= 15 is 0 Å². The van der Waals surface area contributed by atoms with E-state index in [9.17, 15) is 9.18 Å². The SMILES string of the molecule is O=C(c1cc2cc(Cl)ccc2[nH]1)N1CCC(Oc2ccc(F)cc2)CC1. The molecule has 3 aromatic rings. The third-order valence-corrected chi connectivity index (χ3v) is 4.89. The summed E-state index contributed by atoms with van der Waals surface area (Å²) in [5.74, 6) is 0.360. The van der Waals surface area contributed by atoms with Gasteiger partial charge in [0.2, 0.25) is 0 Å². The molecule has 2 heterocycles. The van der Waals surface area contributed by atoms with E-state index in [0.717, 1.165) is 23.7 Å². The predicted molar refractivity (Wildman–Crippen MR) is 99.3 cm³/mol. The largest absolute Gasteiger partial charge is 0.490 e. The van der Waals surface area contributed by atoms with Crippen LogP contribution < -0.4 is 4.74 Å². The Kier molecular flexibility index (Phi) is 4.55. The maximum atomic E-state index is 13.0. The molecule has 26 heavy (non-hydrogen) atoms. The fourth-order valence-electron chi connectivity index (χ4n) is 3.27. The van der Waals surface area contributed by atoms with Crippen LogP contribution in [0.4, 0.5) is 4.39 Å². The quantitative estimate of drug-likeness (QED) is 0.727. The molecular formula is C20H18ClFN2O2. The van der Waals surface area contributed by atoms with Crippen LogP contribution in [0.3, 0.4) is 0 Å². The molecule has 0 bridgehead atoms. The minimum absolute atomic E-state index is 0.0162. The number of rotatable bonds is 3. The lowest BCUT2D eigenvalue weighted by Gasteiger charge is -2.32. The monoisotopic (exact) mass is 372 g/mol. The van der Waals surface area contributed by atoms with E-state index in [1.807, 2.05) is 23.1 Å². The van der Waals surface area contributed by atoms with Gasteiger partial charge >= 0.3 is 0 Å². The number of ether oxygens (including phenoxy) is 1. The van der Waals surface area contributed by atoms with Crippen LogP contribution >= 0.6 is 11.6 Å². The number of hydrogen-bond acceptors (Lipinski definition) is 2. The van der Waals surface area contributed by atoms with Crippen molar-refractivity contribution in [1.82, 2.24) is 9.88 Å². The van der Waals surface area contributed by atoms with Gasteiger partial charge in [-0.3, -0.25) is 4.79 Å². The lowest BCUT2D eigenvalue weighted by Crippen LogP contribution is -2.41. The van der Waals surface area contributed by atoms with E-state index in [0.29, 0.717) is 29.6 Å². The minimum atomic E-state index is -0.280. The lowest BCUT2D eigenvalue weighted by molar-refractivity contribution is 0.0591. The number of amides is 1. The number of hydrogen-bond donors (Lipinski definition) is 1. The van der Waals surface area contributed by atoms with Crippen molar-refractivity contribution >= 4 is 28.4 Å². The Morgan fingerprint density at radius 1 is 1.12 bits per heavy atom. The number of fused-ring (bicyclic) bond motifs is 1. The first-order valence-corrected chi connectivity index (χ1v) is 8.96. The minimum Gasteiger partial charge on any atom is -0.490 e. The number of benzene rings is 2. The Balaban J connectivity index is 1.38. The van der Waals surface area contributed by atoms with Crippen LogP contribution in [0.5, 0.6) is 5.75 Å². The highest BCUT2D eigenvalue weighted by Gasteiger charge is 2.25. The van der Waals surface area contributed by atoms with E-state index in [-0.39, 0.29) is 17.8 Å². The summed E-state index contributed by atoms with van der Waals surface area (Å²) in [7, 11) is 0. The first-order valence-electron chi connectivity index (χ1n) is 8.58. The molecule has 1 fully saturated rings. The van der Waals surface area contributed by atoms with Gasteiger partial charge in [0, 0.05) is 41.9 Å². The molecule has 0 spiro atoms. The third-order valence-electron chi connectivity index (χ3n) is 4.66. The molecule has 0 saturated carbocycles. The maximum Gasteiger partial charge on any atom is 0.270 e. The molecule has 1 aliphatic rings. The summed E-state index contributed by atoms with van der Waals surface area (Å²) in [4.78, 5) is 17.7. The average Bonchev–Trinajstić information content (AvgIpc) is 3.07. The van der Waals surface area contributed by atoms with Gasteiger partial charge in [-0.25, -0.2) is 4.39 Å². The lowest BCUT2D eigenvalue weighted by atomic mass is 10.1. The van der Waals surface area contributed by atoms with Crippen LogP contribution in [0.25, 0.3) is 10.9 Å². The van der Waals surface area contributed by atoms with Crippen molar-refractivity contribution in [2.24, 2.45) is 0 Å². The average molecular weight is 373 g/mol. The van der Waals surface area contributed by atoms with Crippen molar-refractivity contribution in [3.05, 3.63) is 65.1 Å². The van der Waals surface area contributed by atoms with Crippen LogP contribution in [0.2, 0.25) is 5.02 Å². The Morgan fingerprint density at radius 2 is 1.85 bits per heavy atom. The fraction of sp³-hybridized carbons (Fsp3) is 0.250. The van der Waals surface area contributed by atoms with E-state index in [1.165, 1.54) is 12.1 Å². The van der Waals surface area contributed by atoms with E-state index in [1.54, 1.807) is 18.2 Å². The summed E-state index contributed by atoms with van der Waals surface area (Å²) in [5, 5.41) is 1.57. The van der Waals surface area contributed by atoms with Gasteiger partial charge < -0.3 is 14.6 Å². The number of nitrogens with one attached hydrogen (secondary N) is 1. The summed E-state index contributed by atoms with van der Waals surface area (Å²) in [6.07, 6.45) is 1.52. The highest BCUT2D eigenvalue weighted by molar-refractivity contribution is 6.31. The standard InChI is InChI=1S/C20H18ClFN2O2/c21-14-1-6-18-13(11-14)12-19(23-18)20(25)24-9-7-17(8-10-24)26-16-4-2-15(22)3-5-16/h1-6,11-12,17,23H,7-10H2. The van der Waals surface area contributed by atoms with Crippen LogP contribution in [0, 0.1) is 5.82 Å². The van der Waals surface area contributed by atoms with Gasteiger partial charge in [0.25, 0.3) is 5.91 Å². The summed E-state index contributed by atoms with van der Waals surface area (Å²) >= 11 is 6.00. The van der Waals surface area contributed by atoms with Crippen LogP contribution in [-0.2, 0) is 0 Å². The number of carbonyl (C=O) groups excluding carboxylic acids is 1. The molecule has 1 aliphatic heterocycles. The van der Waals surface area contributed by atoms with E-state index in [4.69, 9.17) is 16.3 Å². The van der Waals surface area contributed by atoms with Crippen molar-refractivity contribution in [2.45, 2.75) is 18.9 Å². The van der Waals surface area contributed by atoms with Gasteiger partial charge in [-0.1, -0.05) is 11.6 Å². The Bertz CT molecular complexity index is 931. The first kappa shape index (κ1) is 16.9. The van der Waals surface area contributed by atoms with Crippen molar-refractivity contribution in [3.63, 3.8) is 0 Å². The fourth-order valence-corrected chi connectivity index (χ4v) is 3.45. The van der Waals surface area contributed by atoms with E-state index < -0.39 is 0 Å². The second-order valence-electron chi connectivity index (χ2n) is 6.48. The van der Waals surface area contributed by atoms with Crippen molar-refractivity contribution in [1.29, 1.82) is 0 Å². The number of aromatic amines is 1. The van der Waals surface area contributed by atoms with Gasteiger partial charge in [0.05, 0.1) is 0 Å². The number of halogens is 2. The van der Waals surface area contributed by atoms with Gasteiger partial charge in [0.1, 0.15) is 23.4 Å². The zero-order valence-electron chi connectivity index (χ0n) is 14.0. The smallest absolute Gasteiger partial charge is 0.270 e. The normalized spacial score (nSPS) is 15.4. The Labute approximate surface area is 155 Å². The molecule has 1 saturated heterocycles. The van der Waals surface area contributed by atoms with Crippen LogP contribution in [0.1, 0.15) is 23.3 Å². The Morgan fingerprint density at radius 3 is 2.58 bits per heavy atom.